The van der Waals surface area contributed by atoms with E-state index in [4.69, 9.17) is 10.5 Å². The Balaban J connectivity index is 2.31. The van der Waals surface area contributed by atoms with Crippen molar-refractivity contribution in [3.8, 4) is 0 Å². The molecule has 0 saturated carbocycles. The molecule has 2 nitrogen and oxygen atoms in total. The van der Waals surface area contributed by atoms with Gasteiger partial charge in [-0.2, -0.15) is 0 Å². The fourth-order valence-electron chi connectivity index (χ4n) is 1.44. The van der Waals surface area contributed by atoms with Crippen LogP contribution in [0.4, 0.5) is 0 Å². The molecule has 0 spiro atoms. The highest BCUT2D eigenvalue weighted by molar-refractivity contribution is 4.78. The third-order valence-electron chi connectivity index (χ3n) is 2.34. The molecule has 0 aliphatic carbocycles. The quantitative estimate of drug-likeness (QED) is 0.640. The Labute approximate surface area is 62.7 Å². The van der Waals surface area contributed by atoms with Crippen LogP contribution in [-0.2, 0) is 4.74 Å². The Morgan fingerprint density at radius 2 is 2.20 bits per heavy atom. The monoisotopic (exact) mass is 143 g/mol. The summed E-state index contributed by atoms with van der Waals surface area (Å²) in [7, 11) is 0. The Morgan fingerprint density at radius 1 is 1.60 bits per heavy atom. The summed E-state index contributed by atoms with van der Waals surface area (Å²) in [6.45, 7) is 6.12. The van der Waals surface area contributed by atoms with Crippen LogP contribution < -0.4 is 5.73 Å². The summed E-state index contributed by atoms with van der Waals surface area (Å²) in [5.74, 6) is 1.24. The maximum Gasteiger partial charge on any atom is 0.0639 e. The van der Waals surface area contributed by atoms with Gasteiger partial charge in [0.15, 0.2) is 0 Å². The smallest absolute Gasteiger partial charge is 0.0639 e. The summed E-state index contributed by atoms with van der Waals surface area (Å²) in [6.07, 6.45) is 1.67. The van der Waals surface area contributed by atoms with Gasteiger partial charge in [0.05, 0.1) is 6.10 Å². The SMILES string of the molecule is CC(C)C(CN)C1CCO1. The van der Waals surface area contributed by atoms with Crippen molar-refractivity contribution in [2.45, 2.75) is 26.4 Å². The molecule has 0 amide bonds. The molecule has 0 aromatic carbocycles. The fourth-order valence-corrected chi connectivity index (χ4v) is 1.44. The Bertz CT molecular complexity index is 99.4. The molecule has 60 valence electrons. The topological polar surface area (TPSA) is 35.2 Å². The van der Waals surface area contributed by atoms with Gasteiger partial charge in [-0.05, 0) is 24.8 Å². The zero-order chi connectivity index (χ0) is 7.56. The van der Waals surface area contributed by atoms with E-state index < -0.39 is 0 Å². The van der Waals surface area contributed by atoms with E-state index in [2.05, 4.69) is 13.8 Å². The minimum absolute atomic E-state index is 0.463. The van der Waals surface area contributed by atoms with Crippen LogP contribution in [-0.4, -0.2) is 19.3 Å². The largest absolute Gasteiger partial charge is 0.378 e. The molecular formula is C8H17NO. The van der Waals surface area contributed by atoms with Gasteiger partial charge in [0.25, 0.3) is 0 Å². The molecule has 2 N–H and O–H groups in total. The van der Waals surface area contributed by atoms with Crippen molar-refractivity contribution in [3.05, 3.63) is 0 Å². The van der Waals surface area contributed by atoms with Crippen molar-refractivity contribution in [2.75, 3.05) is 13.2 Å². The number of ether oxygens (including phenoxy) is 1. The highest BCUT2D eigenvalue weighted by Crippen LogP contribution is 2.25. The molecule has 1 aliphatic heterocycles. The van der Waals surface area contributed by atoms with Crippen LogP contribution in [0.3, 0.4) is 0 Å². The van der Waals surface area contributed by atoms with Crippen molar-refractivity contribution in [2.24, 2.45) is 17.6 Å². The number of rotatable bonds is 3. The average Bonchev–Trinajstić information content (AvgIpc) is 1.76. The average molecular weight is 143 g/mol. The number of hydrogen-bond acceptors (Lipinski definition) is 2. The van der Waals surface area contributed by atoms with Crippen molar-refractivity contribution in [1.82, 2.24) is 0 Å². The molecular weight excluding hydrogens is 126 g/mol. The van der Waals surface area contributed by atoms with Crippen LogP contribution in [0.25, 0.3) is 0 Å². The third-order valence-corrected chi connectivity index (χ3v) is 2.34. The van der Waals surface area contributed by atoms with Gasteiger partial charge >= 0.3 is 0 Å². The molecule has 2 unspecified atom stereocenters. The first-order valence-corrected chi connectivity index (χ1v) is 4.07. The molecule has 1 rings (SSSR count). The van der Waals surface area contributed by atoms with Gasteiger partial charge in [-0.25, -0.2) is 0 Å². The molecule has 1 aliphatic rings. The molecule has 0 aromatic heterocycles. The molecule has 10 heavy (non-hydrogen) atoms. The van der Waals surface area contributed by atoms with E-state index in [0.29, 0.717) is 17.9 Å². The molecule has 1 saturated heterocycles. The lowest BCUT2D eigenvalue weighted by molar-refractivity contribution is -0.0924. The predicted octanol–water partition coefficient (Wildman–Crippen LogP) is 1.01. The van der Waals surface area contributed by atoms with E-state index in [1.807, 2.05) is 0 Å². The first kappa shape index (κ1) is 8.02. The van der Waals surface area contributed by atoms with Crippen LogP contribution in [0.15, 0.2) is 0 Å². The lowest BCUT2D eigenvalue weighted by Crippen LogP contribution is -2.41. The summed E-state index contributed by atoms with van der Waals surface area (Å²) in [5, 5.41) is 0. The van der Waals surface area contributed by atoms with E-state index in [1.54, 1.807) is 0 Å². The van der Waals surface area contributed by atoms with E-state index in [-0.39, 0.29) is 0 Å². The maximum absolute atomic E-state index is 5.60. The lowest BCUT2D eigenvalue weighted by Gasteiger charge is -2.35. The van der Waals surface area contributed by atoms with Gasteiger partial charge in [-0.1, -0.05) is 13.8 Å². The molecule has 0 aromatic rings. The highest BCUT2D eigenvalue weighted by atomic mass is 16.5. The molecule has 2 atom stereocenters. The molecule has 2 heteroatoms. The van der Waals surface area contributed by atoms with E-state index >= 15 is 0 Å². The number of nitrogens with two attached hydrogens (primary N) is 1. The predicted molar refractivity (Wildman–Crippen MR) is 41.7 cm³/mol. The van der Waals surface area contributed by atoms with Gasteiger partial charge in [-0.3, -0.25) is 0 Å². The summed E-state index contributed by atoms with van der Waals surface area (Å²) >= 11 is 0. The van der Waals surface area contributed by atoms with Gasteiger partial charge in [-0.15, -0.1) is 0 Å². The standard InChI is InChI=1S/C8H17NO/c1-6(2)7(5-9)8-3-4-10-8/h6-8H,3-5,9H2,1-2H3. The van der Waals surface area contributed by atoms with Crippen LogP contribution in [0, 0.1) is 11.8 Å². The second-order valence-corrected chi connectivity index (χ2v) is 3.34. The summed E-state index contributed by atoms with van der Waals surface area (Å²) < 4.78 is 5.37. The molecule has 1 fully saturated rings. The second-order valence-electron chi connectivity index (χ2n) is 3.34. The molecule has 0 bridgehead atoms. The Hall–Kier alpha value is -0.0800. The van der Waals surface area contributed by atoms with Crippen molar-refractivity contribution in [3.63, 3.8) is 0 Å². The summed E-state index contributed by atoms with van der Waals surface area (Å²) in [4.78, 5) is 0. The van der Waals surface area contributed by atoms with Crippen LogP contribution in [0.2, 0.25) is 0 Å². The maximum atomic E-state index is 5.60. The number of hydrogen-bond donors (Lipinski definition) is 1. The van der Waals surface area contributed by atoms with Crippen LogP contribution in [0.5, 0.6) is 0 Å². The first-order valence-electron chi connectivity index (χ1n) is 4.07. The normalized spacial score (nSPS) is 28.2. The van der Waals surface area contributed by atoms with Crippen LogP contribution >= 0.6 is 0 Å². The van der Waals surface area contributed by atoms with Crippen LogP contribution in [0.1, 0.15) is 20.3 Å². The van der Waals surface area contributed by atoms with Gasteiger partial charge in [0, 0.05) is 6.61 Å². The van der Waals surface area contributed by atoms with Crippen molar-refractivity contribution < 1.29 is 4.74 Å². The molecule has 1 heterocycles. The lowest BCUT2D eigenvalue weighted by atomic mass is 9.87. The van der Waals surface area contributed by atoms with Gasteiger partial charge in [0.2, 0.25) is 0 Å². The minimum Gasteiger partial charge on any atom is -0.378 e. The van der Waals surface area contributed by atoms with E-state index in [0.717, 1.165) is 13.2 Å². The highest BCUT2D eigenvalue weighted by Gasteiger charge is 2.28. The van der Waals surface area contributed by atoms with Crippen molar-refractivity contribution in [1.29, 1.82) is 0 Å². The van der Waals surface area contributed by atoms with E-state index in [1.165, 1.54) is 6.42 Å². The Kier molecular flexibility index (Phi) is 2.69. The van der Waals surface area contributed by atoms with Gasteiger partial charge < -0.3 is 10.5 Å². The third kappa shape index (κ3) is 1.50. The summed E-state index contributed by atoms with van der Waals surface area (Å²) in [5.41, 5.74) is 5.60. The summed E-state index contributed by atoms with van der Waals surface area (Å²) in [6, 6.07) is 0. The second kappa shape index (κ2) is 3.35. The Morgan fingerprint density at radius 3 is 2.30 bits per heavy atom. The van der Waals surface area contributed by atoms with Crippen molar-refractivity contribution >= 4 is 0 Å². The zero-order valence-electron chi connectivity index (χ0n) is 6.84. The fraction of sp³-hybridized carbons (Fsp3) is 1.00. The van der Waals surface area contributed by atoms with Gasteiger partial charge in [0.1, 0.15) is 0 Å². The zero-order valence-corrected chi connectivity index (χ0v) is 6.84. The first-order chi connectivity index (χ1) is 4.75. The minimum atomic E-state index is 0.463. The van der Waals surface area contributed by atoms with E-state index in [9.17, 15) is 0 Å². The molecule has 0 radical (unpaired) electrons.